The van der Waals surface area contributed by atoms with Crippen molar-refractivity contribution in [2.45, 2.75) is 27.3 Å². The highest BCUT2D eigenvalue weighted by Gasteiger charge is 2.18. The van der Waals surface area contributed by atoms with Crippen LogP contribution in [-0.4, -0.2) is 22.9 Å². The largest absolute Gasteiger partial charge is 0.454 e. The fourth-order valence-corrected chi connectivity index (χ4v) is 3.07. The maximum Gasteiger partial charge on any atom is 0.340 e. The SMILES string of the molecule is CCn1c(C)cc(C(=O)COC(=O)c2cc(Br)ccc2Cl)c1C. The molecule has 0 aliphatic rings. The van der Waals surface area contributed by atoms with Gasteiger partial charge in [0.15, 0.2) is 6.61 Å². The number of ether oxygens (including phenoxy) is 1. The number of rotatable bonds is 5. The van der Waals surface area contributed by atoms with E-state index < -0.39 is 5.97 Å². The van der Waals surface area contributed by atoms with E-state index in [-0.39, 0.29) is 23.0 Å². The zero-order valence-electron chi connectivity index (χ0n) is 13.2. The monoisotopic (exact) mass is 397 g/mol. The molecule has 6 heteroatoms. The smallest absolute Gasteiger partial charge is 0.340 e. The summed E-state index contributed by atoms with van der Waals surface area (Å²) in [5.74, 6) is -0.841. The van der Waals surface area contributed by atoms with Crippen LogP contribution in [0.25, 0.3) is 0 Å². The average molecular weight is 399 g/mol. The van der Waals surface area contributed by atoms with E-state index in [0.29, 0.717) is 10.0 Å². The molecule has 0 saturated heterocycles. The number of hydrogen-bond acceptors (Lipinski definition) is 3. The Balaban J connectivity index is 2.10. The van der Waals surface area contributed by atoms with Crippen LogP contribution in [0.3, 0.4) is 0 Å². The van der Waals surface area contributed by atoms with Crippen LogP contribution in [0.5, 0.6) is 0 Å². The molecule has 0 unspecified atom stereocenters. The van der Waals surface area contributed by atoms with Crippen LogP contribution in [0.2, 0.25) is 5.02 Å². The maximum absolute atomic E-state index is 12.3. The highest BCUT2D eigenvalue weighted by molar-refractivity contribution is 9.10. The third-order valence-electron chi connectivity index (χ3n) is 3.67. The highest BCUT2D eigenvalue weighted by Crippen LogP contribution is 2.22. The van der Waals surface area contributed by atoms with Gasteiger partial charge in [0.1, 0.15) is 0 Å². The molecule has 0 amide bonds. The Labute approximate surface area is 148 Å². The molecule has 0 atom stereocenters. The van der Waals surface area contributed by atoms with Gasteiger partial charge >= 0.3 is 5.97 Å². The molecule has 0 aliphatic heterocycles. The molecule has 23 heavy (non-hydrogen) atoms. The minimum absolute atomic E-state index is 0.225. The molecule has 0 fully saturated rings. The standard InChI is InChI=1S/C17H17BrClNO3/c1-4-20-10(2)7-13(11(20)3)16(21)9-23-17(22)14-8-12(18)5-6-15(14)19/h5-8H,4,9H2,1-3H3. The number of Topliss-reactive ketones (excluding diaryl/α,β-unsaturated/α-hetero) is 1. The topological polar surface area (TPSA) is 48.3 Å². The van der Waals surface area contributed by atoms with Gasteiger partial charge in [-0.2, -0.15) is 0 Å². The summed E-state index contributed by atoms with van der Waals surface area (Å²) in [6, 6.07) is 6.71. The minimum Gasteiger partial charge on any atom is -0.454 e. The Morgan fingerprint density at radius 2 is 1.91 bits per heavy atom. The van der Waals surface area contributed by atoms with Crippen molar-refractivity contribution in [2.75, 3.05) is 6.61 Å². The molecule has 0 bridgehead atoms. The van der Waals surface area contributed by atoms with E-state index in [1.807, 2.05) is 31.4 Å². The van der Waals surface area contributed by atoms with Crippen molar-refractivity contribution in [2.24, 2.45) is 0 Å². The maximum atomic E-state index is 12.3. The number of nitrogens with zero attached hydrogens (tertiary/aromatic N) is 1. The predicted octanol–water partition coefficient (Wildman–Crippen LogP) is 4.58. The van der Waals surface area contributed by atoms with Gasteiger partial charge in [0, 0.05) is 28.0 Å². The first-order valence-electron chi connectivity index (χ1n) is 7.17. The van der Waals surface area contributed by atoms with E-state index in [9.17, 15) is 9.59 Å². The number of carbonyl (C=O) groups is 2. The van der Waals surface area contributed by atoms with Crippen molar-refractivity contribution in [1.29, 1.82) is 0 Å². The Kier molecular flexibility index (Phi) is 5.65. The first-order chi connectivity index (χ1) is 10.8. The van der Waals surface area contributed by atoms with Crippen molar-refractivity contribution < 1.29 is 14.3 Å². The predicted molar refractivity (Wildman–Crippen MR) is 93.3 cm³/mol. The molecule has 1 aromatic carbocycles. The minimum atomic E-state index is -0.617. The Hall–Kier alpha value is -1.59. The second-order valence-corrected chi connectivity index (χ2v) is 6.48. The summed E-state index contributed by atoms with van der Waals surface area (Å²) < 4.78 is 7.87. The van der Waals surface area contributed by atoms with Crippen LogP contribution in [0, 0.1) is 13.8 Å². The number of ketones is 1. The van der Waals surface area contributed by atoms with E-state index in [1.54, 1.807) is 18.2 Å². The lowest BCUT2D eigenvalue weighted by atomic mass is 10.1. The second-order valence-electron chi connectivity index (χ2n) is 5.15. The molecule has 1 heterocycles. The van der Waals surface area contributed by atoms with Crippen LogP contribution in [-0.2, 0) is 11.3 Å². The van der Waals surface area contributed by atoms with Gasteiger partial charge in [-0.1, -0.05) is 27.5 Å². The summed E-state index contributed by atoms with van der Waals surface area (Å²) in [5.41, 5.74) is 2.70. The normalized spacial score (nSPS) is 10.7. The van der Waals surface area contributed by atoms with Crippen molar-refractivity contribution in [1.82, 2.24) is 4.57 Å². The Morgan fingerprint density at radius 1 is 1.22 bits per heavy atom. The van der Waals surface area contributed by atoms with Crippen molar-refractivity contribution in [3.8, 4) is 0 Å². The molecular formula is C17H17BrClNO3. The van der Waals surface area contributed by atoms with E-state index in [1.165, 1.54) is 0 Å². The lowest BCUT2D eigenvalue weighted by molar-refractivity contribution is 0.0474. The molecule has 1 aromatic heterocycles. The van der Waals surface area contributed by atoms with Gasteiger partial charge in [-0.05, 0) is 45.0 Å². The molecule has 4 nitrogen and oxygen atoms in total. The summed E-state index contributed by atoms with van der Waals surface area (Å²) in [7, 11) is 0. The Morgan fingerprint density at radius 3 is 2.52 bits per heavy atom. The van der Waals surface area contributed by atoms with Crippen LogP contribution in [0.4, 0.5) is 0 Å². The third-order valence-corrected chi connectivity index (χ3v) is 4.50. The zero-order chi connectivity index (χ0) is 17.1. The molecule has 0 N–H and O–H groups in total. The van der Waals surface area contributed by atoms with Gasteiger partial charge in [-0.3, -0.25) is 4.79 Å². The molecule has 122 valence electrons. The van der Waals surface area contributed by atoms with Gasteiger partial charge < -0.3 is 9.30 Å². The van der Waals surface area contributed by atoms with Crippen LogP contribution in [0.1, 0.15) is 39.0 Å². The first kappa shape index (κ1) is 17.8. The fourth-order valence-electron chi connectivity index (χ4n) is 2.51. The Bertz CT molecular complexity index is 767. The zero-order valence-corrected chi connectivity index (χ0v) is 15.5. The molecular weight excluding hydrogens is 382 g/mol. The molecule has 2 aromatic rings. The summed E-state index contributed by atoms with van der Waals surface area (Å²) in [5, 5.41) is 0.287. The third kappa shape index (κ3) is 3.85. The molecule has 0 radical (unpaired) electrons. The van der Waals surface area contributed by atoms with Gasteiger partial charge in [-0.25, -0.2) is 4.79 Å². The summed E-state index contributed by atoms with van der Waals surface area (Å²) >= 11 is 9.26. The van der Waals surface area contributed by atoms with Crippen LogP contribution in [0.15, 0.2) is 28.7 Å². The van der Waals surface area contributed by atoms with Crippen molar-refractivity contribution in [3.05, 3.63) is 56.3 Å². The number of halogens is 2. The average Bonchev–Trinajstić information content (AvgIpc) is 2.81. The van der Waals surface area contributed by atoms with Gasteiger partial charge in [0.25, 0.3) is 0 Å². The number of benzene rings is 1. The van der Waals surface area contributed by atoms with Gasteiger partial charge in [0.2, 0.25) is 5.78 Å². The van der Waals surface area contributed by atoms with Crippen molar-refractivity contribution in [3.63, 3.8) is 0 Å². The van der Waals surface area contributed by atoms with Crippen molar-refractivity contribution >= 4 is 39.3 Å². The number of esters is 1. The lowest BCUT2D eigenvalue weighted by Gasteiger charge is -2.07. The number of hydrogen-bond donors (Lipinski definition) is 0. The molecule has 0 aliphatic carbocycles. The van der Waals surface area contributed by atoms with Crippen LogP contribution < -0.4 is 0 Å². The second kappa shape index (κ2) is 7.32. The van der Waals surface area contributed by atoms with E-state index in [2.05, 4.69) is 15.9 Å². The number of carbonyl (C=O) groups excluding carboxylic acids is 2. The van der Waals surface area contributed by atoms with E-state index in [4.69, 9.17) is 16.3 Å². The van der Waals surface area contributed by atoms with E-state index in [0.717, 1.165) is 17.9 Å². The molecule has 2 rings (SSSR count). The van der Waals surface area contributed by atoms with Gasteiger partial charge in [-0.15, -0.1) is 0 Å². The molecule has 0 spiro atoms. The summed E-state index contributed by atoms with van der Waals surface area (Å²) in [4.78, 5) is 24.4. The van der Waals surface area contributed by atoms with Gasteiger partial charge in [0.05, 0.1) is 10.6 Å². The van der Waals surface area contributed by atoms with Crippen LogP contribution >= 0.6 is 27.5 Å². The highest BCUT2D eigenvalue weighted by atomic mass is 79.9. The van der Waals surface area contributed by atoms with E-state index >= 15 is 0 Å². The first-order valence-corrected chi connectivity index (χ1v) is 8.34. The lowest BCUT2D eigenvalue weighted by Crippen LogP contribution is -2.15. The summed E-state index contributed by atoms with van der Waals surface area (Å²) in [6.07, 6.45) is 0. The quantitative estimate of drug-likeness (QED) is 0.547. The number of aryl methyl sites for hydroxylation is 1. The molecule has 0 saturated carbocycles. The number of aromatic nitrogens is 1. The fraction of sp³-hybridized carbons (Fsp3) is 0.294. The summed E-state index contributed by atoms with van der Waals surface area (Å²) in [6.45, 7) is 6.33.